The molecule has 1 amide bonds. The topological polar surface area (TPSA) is 99.0 Å². The summed E-state index contributed by atoms with van der Waals surface area (Å²) in [5.74, 6) is -0.293. The molecule has 0 aliphatic heterocycles. The summed E-state index contributed by atoms with van der Waals surface area (Å²) < 4.78 is 1.14. The minimum absolute atomic E-state index is 0.154. The van der Waals surface area contributed by atoms with E-state index in [1.54, 1.807) is 14.0 Å². The van der Waals surface area contributed by atoms with Gasteiger partial charge < -0.3 is 4.90 Å². The van der Waals surface area contributed by atoms with Gasteiger partial charge in [-0.2, -0.15) is 5.26 Å². The fraction of sp³-hybridized carbons (Fsp3) is 0.455. The summed E-state index contributed by atoms with van der Waals surface area (Å²) >= 11 is 0. The highest BCUT2D eigenvalue weighted by molar-refractivity contribution is 5.75. The average molecular weight is 250 g/mol. The maximum absolute atomic E-state index is 11.7. The smallest absolute Gasteiger partial charge is 0.328 e. The maximum atomic E-state index is 11.7. The van der Waals surface area contributed by atoms with Crippen LogP contribution in [-0.2, 0) is 11.3 Å². The van der Waals surface area contributed by atoms with Crippen molar-refractivity contribution in [1.82, 2.24) is 14.5 Å². The van der Waals surface area contributed by atoms with Crippen molar-refractivity contribution in [2.75, 3.05) is 13.6 Å². The predicted octanol–water partition coefficient (Wildman–Crippen LogP) is -0.783. The van der Waals surface area contributed by atoms with E-state index in [2.05, 4.69) is 4.98 Å². The number of carbonyl (C=O) groups excluding carboxylic acids is 1. The molecule has 1 N–H and O–H groups in total. The second kappa shape index (κ2) is 5.82. The van der Waals surface area contributed by atoms with Crippen LogP contribution in [0.1, 0.15) is 12.0 Å². The Balaban J connectivity index is 2.83. The molecule has 0 saturated carbocycles. The van der Waals surface area contributed by atoms with Gasteiger partial charge in [-0.05, 0) is 6.92 Å². The van der Waals surface area contributed by atoms with Crippen molar-refractivity contribution in [3.8, 4) is 6.07 Å². The number of H-pyrrole nitrogens is 1. The molecule has 1 rings (SSSR count). The van der Waals surface area contributed by atoms with Crippen molar-refractivity contribution >= 4 is 5.91 Å². The highest BCUT2D eigenvalue weighted by Gasteiger charge is 2.10. The predicted molar refractivity (Wildman–Crippen MR) is 63.9 cm³/mol. The molecule has 96 valence electrons. The van der Waals surface area contributed by atoms with Gasteiger partial charge in [-0.15, -0.1) is 0 Å². The number of amides is 1. The second-order valence-electron chi connectivity index (χ2n) is 3.92. The Morgan fingerprint density at radius 3 is 2.83 bits per heavy atom. The van der Waals surface area contributed by atoms with Crippen molar-refractivity contribution in [2.45, 2.75) is 19.9 Å². The standard InChI is InChI=1S/C11H14N4O3/c1-8-6-15(11(18)13-10(8)17)7-9(16)14(2)5-3-4-12/h6H,3,5,7H2,1-2H3,(H,13,17,18). The van der Waals surface area contributed by atoms with E-state index in [0.717, 1.165) is 4.57 Å². The number of carbonyl (C=O) groups is 1. The molecule has 0 aliphatic rings. The van der Waals surface area contributed by atoms with Gasteiger partial charge in [0.1, 0.15) is 6.54 Å². The van der Waals surface area contributed by atoms with Crippen LogP contribution in [0.15, 0.2) is 15.8 Å². The molecule has 7 heteroatoms. The minimum atomic E-state index is -0.618. The number of rotatable bonds is 4. The Hall–Kier alpha value is -2.36. The number of hydrogen-bond acceptors (Lipinski definition) is 4. The maximum Gasteiger partial charge on any atom is 0.328 e. The number of aromatic amines is 1. The lowest BCUT2D eigenvalue weighted by molar-refractivity contribution is -0.130. The zero-order valence-corrected chi connectivity index (χ0v) is 10.3. The number of hydrogen-bond donors (Lipinski definition) is 1. The van der Waals surface area contributed by atoms with Gasteiger partial charge in [0.2, 0.25) is 5.91 Å². The third-order valence-corrected chi connectivity index (χ3v) is 2.48. The van der Waals surface area contributed by atoms with E-state index in [1.807, 2.05) is 6.07 Å². The van der Waals surface area contributed by atoms with E-state index in [1.165, 1.54) is 11.1 Å². The molecule has 0 atom stereocenters. The first kappa shape index (κ1) is 13.7. The quantitative estimate of drug-likeness (QED) is 0.757. The monoisotopic (exact) mass is 250 g/mol. The molecule has 1 heterocycles. The van der Waals surface area contributed by atoms with Crippen LogP contribution in [0.5, 0.6) is 0 Å². The fourth-order valence-electron chi connectivity index (χ4n) is 1.34. The lowest BCUT2D eigenvalue weighted by Crippen LogP contribution is -2.37. The number of nitrogens with zero attached hydrogens (tertiary/aromatic N) is 3. The molecule has 18 heavy (non-hydrogen) atoms. The van der Waals surface area contributed by atoms with Gasteiger partial charge in [0, 0.05) is 25.4 Å². The number of aromatic nitrogens is 2. The summed E-state index contributed by atoms with van der Waals surface area (Å²) in [5.41, 5.74) is -0.712. The van der Waals surface area contributed by atoms with Crippen molar-refractivity contribution < 1.29 is 4.79 Å². The zero-order valence-electron chi connectivity index (χ0n) is 10.3. The van der Waals surface area contributed by atoms with Crippen LogP contribution < -0.4 is 11.2 Å². The van der Waals surface area contributed by atoms with Crippen LogP contribution >= 0.6 is 0 Å². The Morgan fingerprint density at radius 2 is 2.22 bits per heavy atom. The lowest BCUT2D eigenvalue weighted by Gasteiger charge is -2.16. The van der Waals surface area contributed by atoms with Gasteiger partial charge in [0.25, 0.3) is 5.56 Å². The van der Waals surface area contributed by atoms with Gasteiger partial charge in [-0.3, -0.25) is 19.1 Å². The van der Waals surface area contributed by atoms with Crippen LogP contribution in [0.2, 0.25) is 0 Å². The first-order chi connectivity index (χ1) is 8.45. The van der Waals surface area contributed by atoms with Gasteiger partial charge in [0.15, 0.2) is 0 Å². The SMILES string of the molecule is Cc1cn(CC(=O)N(C)CCC#N)c(=O)[nH]c1=O. The zero-order chi connectivity index (χ0) is 13.7. The van der Waals surface area contributed by atoms with Crippen LogP contribution in [-0.4, -0.2) is 34.0 Å². The summed E-state index contributed by atoms with van der Waals surface area (Å²) in [6.45, 7) is 1.71. The van der Waals surface area contributed by atoms with Crippen LogP contribution in [0.3, 0.4) is 0 Å². The van der Waals surface area contributed by atoms with E-state index >= 15 is 0 Å². The van der Waals surface area contributed by atoms with Crippen LogP contribution in [0.4, 0.5) is 0 Å². The molecule has 0 aliphatic carbocycles. The van der Waals surface area contributed by atoms with E-state index in [4.69, 9.17) is 5.26 Å². The summed E-state index contributed by atoms with van der Waals surface area (Å²) in [7, 11) is 1.56. The van der Waals surface area contributed by atoms with E-state index in [0.29, 0.717) is 12.1 Å². The molecule has 1 aromatic rings. The summed E-state index contributed by atoms with van der Waals surface area (Å²) in [5, 5.41) is 8.41. The van der Waals surface area contributed by atoms with Crippen molar-refractivity contribution in [3.63, 3.8) is 0 Å². The molecule has 7 nitrogen and oxygen atoms in total. The average Bonchev–Trinajstić information content (AvgIpc) is 2.32. The third-order valence-electron chi connectivity index (χ3n) is 2.48. The first-order valence-electron chi connectivity index (χ1n) is 5.37. The summed E-state index contributed by atoms with van der Waals surface area (Å²) in [6.07, 6.45) is 1.58. The Morgan fingerprint density at radius 1 is 1.56 bits per heavy atom. The molecule has 0 fully saturated rings. The largest absolute Gasteiger partial charge is 0.343 e. The van der Waals surface area contributed by atoms with Crippen LogP contribution in [0, 0.1) is 18.3 Å². The molecule has 0 unspecified atom stereocenters. The first-order valence-corrected chi connectivity index (χ1v) is 5.37. The lowest BCUT2D eigenvalue weighted by atomic mass is 10.3. The molecule has 1 aromatic heterocycles. The van der Waals surface area contributed by atoms with E-state index in [9.17, 15) is 14.4 Å². The summed E-state index contributed by atoms with van der Waals surface area (Å²) in [6, 6.07) is 1.94. The molecule has 0 saturated heterocycles. The fourth-order valence-corrected chi connectivity index (χ4v) is 1.34. The molecule has 0 bridgehead atoms. The third kappa shape index (κ3) is 3.31. The summed E-state index contributed by atoms with van der Waals surface area (Å²) in [4.78, 5) is 37.8. The van der Waals surface area contributed by atoms with Crippen LogP contribution in [0.25, 0.3) is 0 Å². The number of nitrogens with one attached hydrogen (secondary N) is 1. The van der Waals surface area contributed by atoms with Crippen molar-refractivity contribution in [3.05, 3.63) is 32.6 Å². The number of nitriles is 1. The number of aryl methyl sites for hydroxylation is 1. The Bertz CT molecular complexity index is 594. The van der Waals surface area contributed by atoms with Gasteiger partial charge in [-0.25, -0.2) is 4.79 Å². The van der Waals surface area contributed by atoms with E-state index < -0.39 is 11.2 Å². The molecule has 0 radical (unpaired) electrons. The van der Waals surface area contributed by atoms with Gasteiger partial charge in [-0.1, -0.05) is 0 Å². The highest BCUT2D eigenvalue weighted by atomic mass is 16.2. The van der Waals surface area contributed by atoms with Gasteiger partial charge in [0.05, 0.1) is 12.5 Å². The van der Waals surface area contributed by atoms with E-state index in [-0.39, 0.29) is 18.9 Å². The normalized spacial score (nSPS) is 9.83. The number of likely N-dealkylation sites (N-methyl/N-ethyl adjacent to an activating group) is 1. The molecule has 0 spiro atoms. The van der Waals surface area contributed by atoms with Crippen molar-refractivity contribution in [1.29, 1.82) is 5.26 Å². The molecular formula is C11H14N4O3. The van der Waals surface area contributed by atoms with Crippen molar-refractivity contribution in [2.24, 2.45) is 0 Å². The van der Waals surface area contributed by atoms with Gasteiger partial charge >= 0.3 is 5.69 Å². The highest BCUT2D eigenvalue weighted by Crippen LogP contribution is 1.92. The molecule has 0 aromatic carbocycles. The Labute approximate surface area is 103 Å². The Kier molecular flexibility index (Phi) is 4.43. The minimum Gasteiger partial charge on any atom is -0.343 e. The molecular weight excluding hydrogens is 236 g/mol. The second-order valence-corrected chi connectivity index (χ2v) is 3.92.